The molecular formula is C16H28N4O2. The minimum absolute atomic E-state index is 0.0574. The van der Waals surface area contributed by atoms with Crippen LogP contribution in [0.3, 0.4) is 0 Å². The summed E-state index contributed by atoms with van der Waals surface area (Å²) in [7, 11) is 0. The highest BCUT2D eigenvalue weighted by molar-refractivity contribution is 5.89. The summed E-state index contributed by atoms with van der Waals surface area (Å²) in [4.78, 5) is 14.4. The Morgan fingerprint density at radius 1 is 1.41 bits per heavy atom. The first-order valence-corrected chi connectivity index (χ1v) is 8.13. The van der Waals surface area contributed by atoms with Crippen molar-refractivity contribution in [2.24, 2.45) is 11.8 Å². The number of carbonyl (C=O) groups is 1. The van der Waals surface area contributed by atoms with Gasteiger partial charge in [0, 0.05) is 19.3 Å². The molecule has 0 unspecified atom stereocenters. The van der Waals surface area contributed by atoms with E-state index in [4.69, 9.17) is 4.74 Å². The number of amides is 2. The van der Waals surface area contributed by atoms with Crippen molar-refractivity contribution < 1.29 is 9.53 Å². The Hall–Kier alpha value is -1.56. The molecule has 0 saturated carbocycles. The van der Waals surface area contributed by atoms with Crippen molar-refractivity contribution in [2.45, 2.75) is 46.7 Å². The lowest BCUT2D eigenvalue weighted by Crippen LogP contribution is -2.50. The highest BCUT2D eigenvalue weighted by Crippen LogP contribution is 2.17. The molecule has 1 fully saturated rings. The molecular weight excluding hydrogens is 280 g/mol. The number of nitrogens with zero attached hydrogens (tertiary/aromatic N) is 3. The molecule has 1 aliphatic heterocycles. The number of nitrogens with one attached hydrogen (secondary N) is 1. The lowest BCUT2D eigenvalue weighted by molar-refractivity contribution is 0.00857. The SMILES string of the molecule is CC(C)C[C@H]1COCCN1C(=O)Nc1cnn(CC(C)C)c1. The van der Waals surface area contributed by atoms with Crippen molar-refractivity contribution in [3.05, 3.63) is 12.4 Å². The molecule has 0 bridgehead atoms. The van der Waals surface area contributed by atoms with Gasteiger partial charge in [0.25, 0.3) is 0 Å². The molecule has 1 N–H and O–H groups in total. The van der Waals surface area contributed by atoms with E-state index >= 15 is 0 Å². The minimum atomic E-state index is -0.0574. The number of morpholine rings is 1. The zero-order chi connectivity index (χ0) is 16.1. The normalized spacial score (nSPS) is 19.0. The van der Waals surface area contributed by atoms with Crippen LogP contribution < -0.4 is 5.32 Å². The van der Waals surface area contributed by atoms with Crippen molar-refractivity contribution in [3.8, 4) is 0 Å². The van der Waals surface area contributed by atoms with Crippen LogP contribution in [0.2, 0.25) is 0 Å². The summed E-state index contributed by atoms with van der Waals surface area (Å²) in [6, 6.07) is 0.0949. The number of hydrogen-bond donors (Lipinski definition) is 1. The van der Waals surface area contributed by atoms with Crippen molar-refractivity contribution in [1.82, 2.24) is 14.7 Å². The zero-order valence-corrected chi connectivity index (χ0v) is 14.1. The third-order valence-electron chi connectivity index (χ3n) is 3.67. The maximum absolute atomic E-state index is 12.5. The smallest absolute Gasteiger partial charge is 0.322 e. The number of carbonyl (C=O) groups excluding carboxylic acids is 1. The van der Waals surface area contributed by atoms with E-state index in [1.807, 2.05) is 15.8 Å². The molecule has 0 aliphatic carbocycles. The molecule has 0 radical (unpaired) electrons. The summed E-state index contributed by atoms with van der Waals surface area (Å²) in [5.74, 6) is 1.06. The van der Waals surface area contributed by atoms with Crippen LogP contribution in [0.5, 0.6) is 0 Å². The maximum Gasteiger partial charge on any atom is 0.322 e. The summed E-state index contributed by atoms with van der Waals surface area (Å²) in [6.07, 6.45) is 4.55. The fourth-order valence-corrected chi connectivity index (χ4v) is 2.76. The van der Waals surface area contributed by atoms with Gasteiger partial charge < -0.3 is 15.0 Å². The van der Waals surface area contributed by atoms with E-state index in [2.05, 4.69) is 38.1 Å². The second-order valence-electron chi connectivity index (χ2n) is 6.83. The minimum Gasteiger partial charge on any atom is -0.377 e. The third kappa shape index (κ3) is 4.73. The molecule has 1 saturated heterocycles. The average Bonchev–Trinajstić information content (AvgIpc) is 2.84. The van der Waals surface area contributed by atoms with Crippen LogP contribution in [0.25, 0.3) is 0 Å². The standard InChI is InChI=1S/C16H28N4O2/c1-12(2)7-15-11-22-6-5-20(15)16(21)18-14-8-17-19(10-14)9-13(3)4/h8,10,12-13,15H,5-7,9,11H2,1-4H3,(H,18,21)/t15-/m0/s1. The van der Waals surface area contributed by atoms with Gasteiger partial charge in [-0.1, -0.05) is 27.7 Å². The van der Waals surface area contributed by atoms with Gasteiger partial charge in [-0.2, -0.15) is 5.10 Å². The van der Waals surface area contributed by atoms with Gasteiger partial charge in [-0.05, 0) is 18.3 Å². The summed E-state index contributed by atoms with van der Waals surface area (Å²) < 4.78 is 7.39. The Kier molecular flexibility index (Phi) is 5.83. The molecule has 6 nitrogen and oxygen atoms in total. The van der Waals surface area contributed by atoms with Gasteiger partial charge in [0.2, 0.25) is 0 Å². The molecule has 2 heterocycles. The monoisotopic (exact) mass is 308 g/mol. The van der Waals surface area contributed by atoms with E-state index in [9.17, 15) is 4.79 Å². The Bertz CT molecular complexity index is 484. The van der Waals surface area contributed by atoms with Gasteiger partial charge in [-0.15, -0.1) is 0 Å². The van der Waals surface area contributed by atoms with Crippen LogP contribution in [0, 0.1) is 11.8 Å². The molecule has 124 valence electrons. The average molecular weight is 308 g/mol. The first-order valence-electron chi connectivity index (χ1n) is 8.13. The second kappa shape index (κ2) is 7.63. The van der Waals surface area contributed by atoms with Gasteiger partial charge >= 0.3 is 6.03 Å². The lowest BCUT2D eigenvalue weighted by atomic mass is 10.0. The summed E-state index contributed by atoms with van der Waals surface area (Å²) in [6.45, 7) is 11.3. The van der Waals surface area contributed by atoms with Crippen molar-refractivity contribution in [2.75, 3.05) is 25.1 Å². The van der Waals surface area contributed by atoms with Gasteiger partial charge in [0.15, 0.2) is 0 Å². The molecule has 1 aromatic heterocycles. The number of anilines is 1. The number of hydrogen-bond acceptors (Lipinski definition) is 3. The predicted molar refractivity (Wildman–Crippen MR) is 86.9 cm³/mol. The second-order valence-corrected chi connectivity index (χ2v) is 6.83. The Morgan fingerprint density at radius 2 is 2.18 bits per heavy atom. The fraction of sp³-hybridized carbons (Fsp3) is 0.750. The van der Waals surface area contributed by atoms with Crippen LogP contribution in [0.1, 0.15) is 34.1 Å². The first-order chi connectivity index (χ1) is 10.5. The van der Waals surface area contributed by atoms with Crippen molar-refractivity contribution in [3.63, 3.8) is 0 Å². The highest BCUT2D eigenvalue weighted by Gasteiger charge is 2.28. The number of ether oxygens (including phenoxy) is 1. The molecule has 1 aromatic rings. The van der Waals surface area contributed by atoms with Crippen LogP contribution in [-0.2, 0) is 11.3 Å². The Balaban J connectivity index is 1.96. The van der Waals surface area contributed by atoms with E-state index in [0.717, 1.165) is 18.7 Å². The fourth-order valence-electron chi connectivity index (χ4n) is 2.76. The van der Waals surface area contributed by atoms with Gasteiger partial charge in [-0.3, -0.25) is 4.68 Å². The number of rotatable bonds is 5. The molecule has 6 heteroatoms. The van der Waals surface area contributed by atoms with Gasteiger partial charge in [-0.25, -0.2) is 4.79 Å². The predicted octanol–water partition coefficient (Wildman–Crippen LogP) is 2.82. The molecule has 22 heavy (non-hydrogen) atoms. The molecule has 0 spiro atoms. The third-order valence-corrected chi connectivity index (χ3v) is 3.67. The molecule has 2 amide bonds. The van der Waals surface area contributed by atoms with Crippen LogP contribution in [-0.4, -0.2) is 46.5 Å². The summed E-state index contributed by atoms with van der Waals surface area (Å²) >= 11 is 0. The van der Waals surface area contributed by atoms with Crippen molar-refractivity contribution in [1.29, 1.82) is 0 Å². The van der Waals surface area contributed by atoms with Gasteiger partial charge in [0.05, 0.1) is 31.1 Å². The summed E-state index contributed by atoms with van der Waals surface area (Å²) in [5.41, 5.74) is 0.750. The van der Waals surface area contributed by atoms with E-state index in [-0.39, 0.29) is 12.1 Å². The Morgan fingerprint density at radius 3 is 2.86 bits per heavy atom. The van der Waals surface area contributed by atoms with E-state index < -0.39 is 0 Å². The number of aromatic nitrogens is 2. The van der Waals surface area contributed by atoms with Gasteiger partial charge in [0.1, 0.15) is 0 Å². The van der Waals surface area contributed by atoms with Crippen LogP contribution in [0.4, 0.5) is 10.5 Å². The molecule has 0 aromatic carbocycles. The Labute approximate surface area is 132 Å². The molecule has 1 atom stereocenters. The quantitative estimate of drug-likeness (QED) is 0.910. The van der Waals surface area contributed by atoms with E-state index in [0.29, 0.717) is 31.6 Å². The highest BCUT2D eigenvalue weighted by atomic mass is 16.5. The van der Waals surface area contributed by atoms with Crippen LogP contribution in [0.15, 0.2) is 12.4 Å². The largest absolute Gasteiger partial charge is 0.377 e. The molecule has 2 rings (SSSR count). The summed E-state index contributed by atoms with van der Waals surface area (Å²) in [5, 5.41) is 7.24. The maximum atomic E-state index is 12.5. The van der Waals surface area contributed by atoms with Crippen LogP contribution >= 0.6 is 0 Å². The number of urea groups is 1. The topological polar surface area (TPSA) is 59.4 Å². The van der Waals surface area contributed by atoms with Crippen molar-refractivity contribution >= 4 is 11.7 Å². The zero-order valence-electron chi connectivity index (χ0n) is 14.1. The van der Waals surface area contributed by atoms with E-state index in [1.54, 1.807) is 6.20 Å². The lowest BCUT2D eigenvalue weighted by Gasteiger charge is -2.36. The molecule has 1 aliphatic rings. The van der Waals surface area contributed by atoms with E-state index in [1.165, 1.54) is 0 Å². The first kappa shape index (κ1) is 16.8.